The molecule has 112 valence electrons. The molecule has 0 unspecified atom stereocenters. The summed E-state index contributed by atoms with van der Waals surface area (Å²) in [5, 5.41) is 2.35. The third-order valence-electron chi connectivity index (χ3n) is 2.33. The van der Waals surface area contributed by atoms with E-state index in [9.17, 15) is 14.4 Å². The lowest BCUT2D eigenvalue weighted by molar-refractivity contribution is -0.167. The summed E-state index contributed by atoms with van der Waals surface area (Å²) in [4.78, 5) is 35.6. The zero-order valence-corrected chi connectivity index (χ0v) is 12.3. The molecule has 1 N–H and O–H groups in total. The van der Waals surface area contributed by atoms with Gasteiger partial charge in [-0.15, -0.1) is 5.73 Å². The van der Waals surface area contributed by atoms with Gasteiger partial charge in [0.05, 0.1) is 13.2 Å². The van der Waals surface area contributed by atoms with Crippen LogP contribution >= 0.6 is 0 Å². The van der Waals surface area contributed by atoms with Gasteiger partial charge >= 0.3 is 11.9 Å². The fourth-order valence-electron chi connectivity index (χ4n) is 1.54. The summed E-state index contributed by atoms with van der Waals surface area (Å²) < 4.78 is 9.79. The van der Waals surface area contributed by atoms with Gasteiger partial charge in [-0.3, -0.25) is 4.79 Å². The number of rotatable bonds is 7. The lowest BCUT2D eigenvalue weighted by Gasteiger charge is -2.28. The molecule has 0 aliphatic rings. The molecular weight excluding hydrogens is 262 g/mol. The smallest absolute Gasteiger partial charge is 0.344 e. The maximum absolute atomic E-state index is 12.1. The third-order valence-corrected chi connectivity index (χ3v) is 2.33. The Morgan fingerprint density at radius 2 is 1.65 bits per heavy atom. The molecule has 0 bridgehead atoms. The Morgan fingerprint density at radius 1 is 1.15 bits per heavy atom. The van der Waals surface area contributed by atoms with E-state index in [2.05, 4.69) is 11.0 Å². The summed E-state index contributed by atoms with van der Waals surface area (Å²) in [6.45, 7) is 6.37. The van der Waals surface area contributed by atoms with E-state index < -0.39 is 23.4 Å². The minimum absolute atomic E-state index is 0.0887. The molecule has 0 spiro atoms. The normalized spacial score (nSPS) is 10.0. The Labute approximate surface area is 118 Å². The maximum Gasteiger partial charge on any atom is 0.344 e. The van der Waals surface area contributed by atoms with Crippen molar-refractivity contribution >= 4 is 17.8 Å². The average Bonchev–Trinajstić information content (AvgIpc) is 2.37. The Hall–Kier alpha value is -2.07. The van der Waals surface area contributed by atoms with Gasteiger partial charge in [0.25, 0.3) is 0 Å². The predicted octanol–water partition coefficient (Wildman–Crippen LogP) is 1.11. The molecule has 0 aliphatic heterocycles. The van der Waals surface area contributed by atoms with Gasteiger partial charge in [0.2, 0.25) is 11.4 Å². The first kappa shape index (κ1) is 17.9. The Morgan fingerprint density at radius 3 is 2.00 bits per heavy atom. The lowest BCUT2D eigenvalue weighted by atomic mass is 9.94. The van der Waals surface area contributed by atoms with E-state index in [-0.39, 0.29) is 19.6 Å². The number of carbonyl (C=O) groups is 3. The molecule has 0 fully saturated rings. The van der Waals surface area contributed by atoms with E-state index in [0.717, 1.165) is 0 Å². The minimum atomic E-state index is -1.87. The molecule has 6 heteroatoms. The van der Waals surface area contributed by atoms with Gasteiger partial charge in [0.15, 0.2) is 0 Å². The number of esters is 2. The molecule has 0 heterocycles. The van der Waals surface area contributed by atoms with Crippen LogP contribution in [0.2, 0.25) is 0 Å². The van der Waals surface area contributed by atoms with Crippen molar-refractivity contribution in [3.8, 4) is 0 Å². The molecule has 1 amide bonds. The molecule has 0 saturated heterocycles. The van der Waals surface area contributed by atoms with Crippen molar-refractivity contribution in [2.75, 3.05) is 13.2 Å². The van der Waals surface area contributed by atoms with E-state index in [1.54, 1.807) is 26.8 Å². The summed E-state index contributed by atoms with van der Waals surface area (Å²) in [7, 11) is 0. The Kier molecular flexibility index (Phi) is 8.01. The first-order valence-corrected chi connectivity index (χ1v) is 6.43. The van der Waals surface area contributed by atoms with Crippen LogP contribution in [0.15, 0.2) is 17.9 Å². The van der Waals surface area contributed by atoms with Gasteiger partial charge < -0.3 is 14.8 Å². The number of nitrogens with one attached hydrogen (secondary N) is 1. The molecule has 20 heavy (non-hydrogen) atoms. The number of ether oxygens (including phenoxy) is 2. The first-order valence-electron chi connectivity index (χ1n) is 6.43. The quantitative estimate of drug-likeness (QED) is 0.430. The van der Waals surface area contributed by atoms with E-state index >= 15 is 0 Å². The zero-order chi connectivity index (χ0) is 15.6. The van der Waals surface area contributed by atoms with E-state index in [1.807, 2.05) is 0 Å². The second kappa shape index (κ2) is 8.93. The standard InChI is InChI=1S/C14H21NO5/c1-5-8-9-10-14(15-11(4)16,12(17)19-6-2)13(18)20-7-3/h5,9H,6-7,10H2,1-4H3,(H,15,16). The average molecular weight is 283 g/mol. The monoisotopic (exact) mass is 283 g/mol. The zero-order valence-electron chi connectivity index (χ0n) is 12.3. The van der Waals surface area contributed by atoms with Crippen LogP contribution in [-0.4, -0.2) is 36.6 Å². The topological polar surface area (TPSA) is 81.7 Å². The van der Waals surface area contributed by atoms with Crippen LogP contribution in [0.3, 0.4) is 0 Å². The highest BCUT2D eigenvalue weighted by Gasteiger charge is 2.49. The van der Waals surface area contributed by atoms with Crippen LogP contribution in [-0.2, 0) is 23.9 Å². The van der Waals surface area contributed by atoms with E-state index in [4.69, 9.17) is 9.47 Å². The van der Waals surface area contributed by atoms with Gasteiger partial charge in [0.1, 0.15) is 0 Å². The van der Waals surface area contributed by atoms with Crippen LogP contribution < -0.4 is 5.32 Å². The number of amides is 1. The van der Waals surface area contributed by atoms with Gasteiger partial charge in [0, 0.05) is 13.3 Å². The molecule has 0 saturated carbocycles. The molecule has 0 aliphatic carbocycles. The number of hydrogen-bond donors (Lipinski definition) is 1. The SMILES string of the molecule is CC=C=CCC(NC(C)=O)(C(=O)OCC)C(=O)OCC. The molecule has 6 nitrogen and oxygen atoms in total. The summed E-state index contributed by atoms with van der Waals surface area (Å²) in [5.74, 6) is -2.22. The summed E-state index contributed by atoms with van der Waals surface area (Å²) in [6, 6.07) is 0. The summed E-state index contributed by atoms with van der Waals surface area (Å²) >= 11 is 0. The van der Waals surface area contributed by atoms with Crippen LogP contribution in [0.5, 0.6) is 0 Å². The van der Waals surface area contributed by atoms with Gasteiger partial charge in [-0.25, -0.2) is 9.59 Å². The largest absolute Gasteiger partial charge is 0.464 e. The third kappa shape index (κ3) is 4.90. The molecule has 0 rings (SSSR count). The van der Waals surface area contributed by atoms with Crippen molar-refractivity contribution in [2.45, 2.75) is 39.7 Å². The van der Waals surface area contributed by atoms with Crippen LogP contribution in [0.1, 0.15) is 34.1 Å². The van der Waals surface area contributed by atoms with Crippen LogP contribution in [0.25, 0.3) is 0 Å². The molecule has 0 atom stereocenters. The Balaban J connectivity index is 5.60. The first-order chi connectivity index (χ1) is 9.44. The number of carbonyl (C=O) groups excluding carboxylic acids is 3. The van der Waals surface area contributed by atoms with Crippen molar-refractivity contribution in [2.24, 2.45) is 0 Å². The highest BCUT2D eigenvalue weighted by atomic mass is 16.6. The van der Waals surface area contributed by atoms with Crippen molar-refractivity contribution in [1.29, 1.82) is 0 Å². The van der Waals surface area contributed by atoms with Crippen molar-refractivity contribution in [1.82, 2.24) is 5.32 Å². The Bertz CT molecular complexity index is 403. The second-order valence-corrected chi connectivity index (χ2v) is 3.89. The predicted molar refractivity (Wildman–Crippen MR) is 72.8 cm³/mol. The van der Waals surface area contributed by atoms with E-state index in [1.165, 1.54) is 13.0 Å². The molecule has 0 aromatic heterocycles. The number of hydrogen-bond acceptors (Lipinski definition) is 5. The molecule has 0 aromatic carbocycles. The lowest BCUT2D eigenvalue weighted by Crippen LogP contribution is -2.60. The highest BCUT2D eigenvalue weighted by molar-refractivity contribution is 6.07. The summed E-state index contributed by atoms with van der Waals surface area (Å²) in [6.07, 6.45) is 3.01. The summed E-state index contributed by atoms with van der Waals surface area (Å²) in [5.41, 5.74) is 0.887. The van der Waals surface area contributed by atoms with Gasteiger partial charge in [-0.1, -0.05) is 0 Å². The highest BCUT2D eigenvalue weighted by Crippen LogP contribution is 2.17. The van der Waals surface area contributed by atoms with Crippen molar-refractivity contribution in [3.63, 3.8) is 0 Å². The fourth-order valence-corrected chi connectivity index (χ4v) is 1.54. The maximum atomic E-state index is 12.1. The second-order valence-electron chi connectivity index (χ2n) is 3.89. The van der Waals surface area contributed by atoms with Crippen LogP contribution in [0.4, 0.5) is 0 Å². The molecule has 0 radical (unpaired) electrons. The molecule has 0 aromatic rings. The van der Waals surface area contributed by atoms with Crippen molar-refractivity contribution in [3.05, 3.63) is 17.9 Å². The van der Waals surface area contributed by atoms with E-state index in [0.29, 0.717) is 0 Å². The van der Waals surface area contributed by atoms with Gasteiger partial charge in [-0.2, -0.15) is 0 Å². The minimum Gasteiger partial charge on any atom is -0.464 e. The van der Waals surface area contributed by atoms with Crippen LogP contribution in [0, 0.1) is 0 Å². The fraction of sp³-hybridized carbons (Fsp3) is 0.571. The van der Waals surface area contributed by atoms with Crippen molar-refractivity contribution < 1.29 is 23.9 Å². The molecular formula is C14H21NO5. The van der Waals surface area contributed by atoms with Gasteiger partial charge in [-0.05, 0) is 32.9 Å².